The molecule has 69 heavy (non-hydrogen) atoms. The Hall–Kier alpha value is -3.77. The first-order valence-corrected chi connectivity index (χ1v) is 23.1. The average Bonchev–Trinajstić information content (AvgIpc) is 3.91. The van der Waals surface area contributed by atoms with Crippen LogP contribution in [0.4, 0.5) is 10.3 Å². The van der Waals surface area contributed by atoms with E-state index in [0.717, 1.165) is 48.9 Å². The molecule has 2 fully saturated rings. The van der Waals surface area contributed by atoms with Gasteiger partial charge in [-0.25, -0.2) is 9.97 Å². The van der Waals surface area contributed by atoms with E-state index in [0.29, 0.717) is 5.57 Å². The number of carboxylic acids is 2. The molecule has 2 saturated heterocycles. The van der Waals surface area contributed by atoms with Crippen molar-refractivity contribution in [2.24, 2.45) is 17.4 Å². The zero-order chi connectivity index (χ0) is 48.1. The number of nitrogens with one attached hydrogen (secondary N) is 2. The van der Waals surface area contributed by atoms with E-state index in [1.54, 1.807) is 0 Å². The zero-order valence-electron chi connectivity index (χ0n) is 37.2. The summed E-state index contributed by atoms with van der Waals surface area (Å²) in [6, 6.07) is -2.02. The number of aliphatic carboxylic acids is 2. The maximum absolute atomic E-state index is 12.9. The Bertz CT molecular complexity index is 2780. The van der Waals surface area contributed by atoms with Crippen molar-refractivity contribution in [2.75, 3.05) is 49.6 Å². The fraction of sp³-hybridized carbons (Fsp3) is 0.353. The average molecular weight is 1080 g/mol. The van der Waals surface area contributed by atoms with Crippen LogP contribution in [0.25, 0.3) is 0 Å². The van der Waals surface area contributed by atoms with E-state index in [1.165, 1.54) is 62.5 Å². The molecule has 6 N–H and O–H groups in total. The molecule has 3 aromatic rings. The van der Waals surface area contributed by atoms with Crippen LogP contribution in [-0.2, 0) is 55.0 Å². The van der Waals surface area contributed by atoms with Crippen LogP contribution in [-0.4, -0.2) is 143 Å². The van der Waals surface area contributed by atoms with Gasteiger partial charge in [0.25, 0.3) is 29.2 Å². The largest absolute Gasteiger partial charge is 1.00 e. The molecular weight excluding hydrogens is 1040 g/mol. The third-order valence-corrected chi connectivity index (χ3v) is 14.2. The van der Waals surface area contributed by atoms with Gasteiger partial charge in [-0.05, 0) is 12.6 Å². The van der Waals surface area contributed by atoms with Crippen molar-refractivity contribution in [2.45, 2.75) is 34.9 Å². The number of nitrogens with two attached hydrogens (primary N) is 2. The third-order valence-electron chi connectivity index (χ3n) is 9.10. The van der Waals surface area contributed by atoms with Gasteiger partial charge in [-0.3, -0.25) is 38.6 Å². The second-order valence-corrected chi connectivity index (χ2v) is 18.2. The number of hydrogen-bond acceptors (Lipinski definition) is 26. The van der Waals surface area contributed by atoms with E-state index < -0.39 is 75.5 Å². The van der Waals surface area contributed by atoms with Crippen molar-refractivity contribution in [1.82, 2.24) is 45.2 Å². The van der Waals surface area contributed by atoms with E-state index >= 15 is 0 Å². The van der Waals surface area contributed by atoms with Crippen molar-refractivity contribution in [3.05, 3.63) is 65.4 Å². The summed E-state index contributed by atoms with van der Waals surface area (Å²) in [5.74, 6) is -6.08. The number of thiazole rings is 2. The van der Waals surface area contributed by atoms with Crippen molar-refractivity contribution in [3.63, 3.8) is 0 Å². The number of β-lactam (4-membered cyclic amide) rings is 2. The van der Waals surface area contributed by atoms with Gasteiger partial charge < -0.3 is 70.9 Å². The number of ether oxygens (including phenoxy) is 1. The quantitative estimate of drug-likeness (QED) is 0.0209. The number of carbonyl (C=O) groups excluding carboxylic acids is 7. The van der Waals surface area contributed by atoms with Gasteiger partial charge in [0, 0.05) is 40.5 Å². The number of carboxylic acid groups (broad SMARTS) is 2. The van der Waals surface area contributed by atoms with Crippen LogP contribution in [0.15, 0.2) is 58.4 Å². The fourth-order valence-electron chi connectivity index (χ4n) is 6.26. The molecule has 350 valence electrons. The Balaban J connectivity index is 0.000000355. The predicted molar refractivity (Wildman–Crippen MR) is 231 cm³/mol. The topological polar surface area (TPSA) is 392 Å². The summed E-state index contributed by atoms with van der Waals surface area (Å²) < 4.78 is 5.96. The standard InChI is InChI=1S/C18H18N8O7S3.C16H17N5O7S2.3Na/c1-25-18(22-12(28)13(29)23-25)36-4-6-3-34-15-9(14(30)26(15)10(6)16(31)32)21-11(27)8(24-33-2)7-5-35-17(19)20-7;1-6(22)28-3-7-4-29-14-10(13(24)21(14)11(7)15(25)26)19-12(23)9(20-27-2)8-5-30-16(17)18-8;;;/h5,9,15H,3-4H2,1-2H3,(H5,19,20,21,23,27,29,31,32);5,10,14H,3-4H2,1-2H3,(H2,17,18)(H,19,23)(H,25,26);;;/q;;3*+1/p-3/b24-8-;20-9-;;;/t9?,15-;10?,14-;;;/m00.../s1. The van der Waals surface area contributed by atoms with Crippen LogP contribution in [0.2, 0.25) is 0 Å². The second kappa shape index (κ2) is 26.1. The Morgan fingerprint density at radius 2 is 1.25 bits per heavy atom. The summed E-state index contributed by atoms with van der Waals surface area (Å²) in [5.41, 5.74) is 9.03. The number of thioether (sulfide) groups is 3. The summed E-state index contributed by atoms with van der Waals surface area (Å²) in [5, 5.41) is 41.6. The van der Waals surface area contributed by atoms with Crippen LogP contribution in [0, 0.1) is 0 Å². The van der Waals surface area contributed by atoms with Gasteiger partial charge in [-0.2, -0.15) is 4.98 Å². The number of nitrogen functional groups attached to an aromatic ring is 2. The molecule has 3 aromatic heterocycles. The Labute approximate surface area is 475 Å². The Morgan fingerprint density at radius 3 is 1.65 bits per heavy atom. The summed E-state index contributed by atoms with van der Waals surface area (Å²) >= 11 is 5.63. The van der Waals surface area contributed by atoms with Crippen molar-refractivity contribution in [3.8, 4) is 0 Å². The molecule has 7 rings (SSSR count). The van der Waals surface area contributed by atoms with Crippen molar-refractivity contribution < 1.29 is 147 Å². The van der Waals surface area contributed by atoms with Crippen molar-refractivity contribution in [1.29, 1.82) is 0 Å². The smallest absolute Gasteiger partial charge is 0.554 e. The minimum absolute atomic E-state index is 0. The van der Waals surface area contributed by atoms with Gasteiger partial charge >= 0.3 is 94.6 Å². The summed E-state index contributed by atoms with van der Waals surface area (Å²) in [6.07, 6.45) is 0. The predicted octanol–water partition coefficient (Wildman–Crippen LogP) is -14.3. The number of hydrogen-bond donors (Lipinski definition) is 4. The van der Waals surface area contributed by atoms with Gasteiger partial charge in [-0.15, -0.1) is 46.2 Å². The molecule has 4 aliphatic rings. The normalized spacial score (nSPS) is 19.3. The number of fused-ring (bicyclic) bond motifs is 2. The second-order valence-electron chi connectivity index (χ2n) is 13.3. The molecule has 0 aromatic carbocycles. The van der Waals surface area contributed by atoms with Gasteiger partial charge in [0.2, 0.25) is 0 Å². The third kappa shape index (κ3) is 13.4. The SMILES string of the molecule is CO/N=C(\C(=O)NC1C(=O)N2C(C(=O)[O-])=C(COC(C)=O)CS[C@@H]12)c1csc(N)n1.CO/N=C(\C(=O)NC1C(=O)N2C(C(=O)[O-])=C(CSc3nc(=O)c(=O)[n-]n3C)CS[C@@H]12)c1csc(N)n1.[Na+].[Na+].[Na+]. The first-order chi connectivity index (χ1) is 31.4. The Morgan fingerprint density at radius 1 is 0.797 bits per heavy atom. The van der Waals surface area contributed by atoms with Crippen LogP contribution in [0.1, 0.15) is 18.3 Å². The molecule has 4 amide bonds. The number of rotatable bonds is 15. The van der Waals surface area contributed by atoms with E-state index in [-0.39, 0.29) is 168 Å². The first kappa shape index (κ1) is 59.5. The van der Waals surface area contributed by atoms with Crippen molar-refractivity contribution >= 4 is 121 Å². The van der Waals surface area contributed by atoms with Crippen LogP contribution in [0.5, 0.6) is 0 Å². The summed E-state index contributed by atoms with van der Waals surface area (Å²) in [4.78, 5) is 131. The molecule has 4 aliphatic heterocycles. The molecule has 0 spiro atoms. The minimum Gasteiger partial charge on any atom is -0.554 e. The summed E-state index contributed by atoms with van der Waals surface area (Å²) in [6.45, 7) is 0.919. The molecule has 2 unspecified atom stereocenters. The van der Waals surface area contributed by atoms with Gasteiger partial charge in [0.1, 0.15) is 55.0 Å². The minimum atomic E-state index is -1.57. The van der Waals surface area contributed by atoms with E-state index in [2.05, 4.69) is 45.8 Å². The zero-order valence-corrected chi connectivity index (χ0v) is 47.3. The number of anilines is 2. The molecule has 0 radical (unpaired) electrons. The van der Waals surface area contributed by atoms with Gasteiger partial charge in [0.05, 0.1) is 23.3 Å². The number of nitrogens with zero attached hydrogens (tertiary/aromatic N) is 9. The number of oxime groups is 2. The molecule has 35 heteroatoms. The molecule has 27 nitrogen and oxygen atoms in total. The fourth-order valence-corrected chi connectivity index (χ4v) is 11.1. The van der Waals surface area contributed by atoms with Crippen LogP contribution >= 0.6 is 58.0 Å². The Kier molecular flexibility index (Phi) is 22.5. The molecule has 4 atom stereocenters. The van der Waals surface area contributed by atoms with Crippen LogP contribution < -0.4 is 137 Å². The maximum Gasteiger partial charge on any atom is 1.00 e. The number of carbonyl (C=O) groups is 7. The maximum atomic E-state index is 12.9. The van der Waals surface area contributed by atoms with Gasteiger partial charge in [0.15, 0.2) is 32.4 Å². The molecule has 0 aliphatic carbocycles. The number of aryl methyl sites for hydroxylation is 1. The van der Waals surface area contributed by atoms with E-state index in [4.69, 9.17) is 21.0 Å². The molecule has 0 saturated carbocycles. The molecule has 7 heterocycles. The monoisotopic (exact) mass is 1080 g/mol. The summed E-state index contributed by atoms with van der Waals surface area (Å²) in [7, 11) is 3.91. The number of amides is 4. The van der Waals surface area contributed by atoms with E-state index in [1.807, 2.05) is 0 Å². The van der Waals surface area contributed by atoms with Gasteiger partial charge in [-0.1, -0.05) is 22.1 Å². The number of aromatic nitrogens is 5. The molecular formula is C34H32N13Na3O14S5. The number of esters is 1. The van der Waals surface area contributed by atoms with E-state index in [9.17, 15) is 53.4 Å². The van der Waals surface area contributed by atoms with Crippen LogP contribution in [0.3, 0.4) is 0 Å². The molecule has 0 bridgehead atoms. The first-order valence-electron chi connectivity index (χ1n) is 18.3.